The van der Waals surface area contributed by atoms with Gasteiger partial charge in [0.15, 0.2) is 0 Å². The van der Waals surface area contributed by atoms with Crippen LogP contribution in [0, 0.1) is 0 Å². The van der Waals surface area contributed by atoms with Crippen LogP contribution < -0.4 is 0 Å². The summed E-state index contributed by atoms with van der Waals surface area (Å²) < 4.78 is 1.24. The van der Waals surface area contributed by atoms with Gasteiger partial charge in [-0.2, -0.15) is 0 Å². The molecule has 0 unspecified atom stereocenters. The van der Waals surface area contributed by atoms with Gasteiger partial charge in [0.1, 0.15) is 0 Å². The molecular formula is C11H10IN. The molecule has 0 saturated heterocycles. The van der Waals surface area contributed by atoms with Gasteiger partial charge in [0.2, 0.25) is 0 Å². The van der Waals surface area contributed by atoms with Crippen LogP contribution >= 0.6 is 22.6 Å². The van der Waals surface area contributed by atoms with Gasteiger partial charge in [-0.05, 0) is 54.2 Å². The van der Waals surface area contributed by atoms with E-state index in [9.17, 15) is 0 Å². The highest BCUT2D eigenvalue weighted by atomic mass is 127. The van der Waals surface area contributed by atoms with E-state index in [0.29, 0.717) is 0 Å². The molecule has 2 aliphatic heterocycles. The average molecular weight is 283 g/mol. The predicted octanol–water partition coefficient (Wildman–Crippen LogP) is 3.48. The summed E-state index contributed by atoms with van der Waals surface area (Å²) in [6.45, 7) is 2.14. The fourth-order valence-corrected chi connectivity index (χ4v) is 1.81. The van der Waals surface area contributed by atoms with Crippen molar-refractivity contribution in [2.24, 2.45) is 0 Å². The Bertz CT molecular complexity index is 379. The summed E-state index contributed by atoms with van der Waals surface area (Å²) in [7, 11) is 0. The molecule has 0 radical (unpaired) electrons. The van der Waals surface area contributed by atoms with Crippen LogP contribution in [0.5, 0.6) is 0 Å². The second-order valence-electron chi connectivity index (χ2n) is 3.17. The highest BCUT2D eigenvalue weighted by Gasteiger charge is 2.08. The van der Waals surface area contributed by atoms with Crippen LogP contribution in [-0.4, -0.2) is 4.90 Å². The molecule has 0 spiro atoms. The smallest absolute Gasteiger partial charge is 0.0878 e. The number of allylic oxidation sites excluding steroid dienone is 4. The Morgan fingerprint density at radius 1 is 1.38 bits per heavy atom. The maximum Gasteiger partial charge on any atom is 0.0878 e. The van der Waals surface area contributed by atoms with Crippen LogP contribution in [0.15, 0.2) is 51.2 Å². The van der Waals surface area contributed by atoms with Crippen molar-refractivity contribution in [2.45, 2.75) is 13.3 Å². The second-order valence-corrected chi connectivity index (χ2v) is 4.41. The lowest BCUT2D eigenvalue weighted by molar-refractivity contribution is 0.641. The van der Waals surface area contributed by atoms with Gasteiger partial charge < -0.3 is 4.90 Å². The molecule has 2 heteroatoms. The van der Waals surface area contributed by atoms with Gasteiger partial charge in [0, 0.05) is 16.0 Å². The van der Waals surface area contributed by atoms with Crippen molar-refractivity contribution in [1.29, 1.82) is 0 Å². The summed E-state index contributed by atoms with van der Waals surface area (Å²) in [4.78, 5) is 2.13. The van der Waals surface area contributed by atoms with E-state index in [-0.39, 0.29) is 0 Å². The van der Waals surface area contributed by atoms with Gasteiger partial charge in [-0.25, -0.2) is 0 Å². The zero-order chi connectivity index (χ0) is 9.26. The Balaban J connectivity index is 2.44. The van der Waals surface area contributed by atoms with Crippen molar-refractivity contribution >= 4 is 22.6 Å². The summed E-state index contributed by atoms with van der Waals surface area (Å²) in [6, 6.07) is 0. The maximum absolute atomic E-state index is 3.27. The van der Waals surface area contributed by atoms with Gasteiger partial charge in [-0.3, -0.25) is 0 Å². The number of fused-ring (bicyclic) bond motifs is 1. The molecule has 0 bridgehead atoms. The Morgan fingerprint density at radius 2 is 2.23 bits per heavy atom. The fraction of sp³-hybridized carbons (Fsp3) is 0.182. The van der Waals surface area contributed by atoms with E-state index < -0.39 is 0 Å². The molecule has 0 aliphatic carbocycles. The van der Waals surface area contributed by atoms with Gasteiger partial charge >= 0.3 is 0 Å². The van der Waals surface area contributed by atoms with Crippen LogP contribution in [0.4, 0.5) is 0 Å². The molecule has 0 fully saturated rings. The van der Waals surface area contributed by atoms with Gasteiger partial charge in [0.25, 0.3) is 0 Å². The highest BCUT2D eigenvalue weighted by Crippen LogP contribution is 2.23. The van der Waals surface area contributed by atoms with Crippen LogP contribution in [0.1, 0.15) is 13.3 Å². The summed E-state index contributed by atoms with van der Waals surface area (Å²) in [5, 5.41) is 0. The van der Waals surface area contributed by atoms with E-state index in [1.54, 1.807) is 0 Å². The quantitative estimate of drug-likeness (QED) is 0.486. The fourth-order valence-electron chi connectivity index (χ4n) is 1.33. The third kappa shape index (κ3) is 1.95. The lowest BCUT2D eigenvalue weighted by Gasteiger charge is -2.18. The van der Waals surface area contributed by atoms with Crippen LogP contribution in [0.3, 0.4) is 0 Å². The first-order valence-corrected chi connectivity index (χ1v) is 5.30. The molecule has 0 aromatic heterocycles. The van der Waals surface area contributed by atoms with E-state index in [2.05, 4.69) is 70.8 Å². The predicted molar refractivity (Wildman–Crippen MR) is 63.1 cm³/mol. The number of hydrogen-bond donors (Lipinski definition) is 0. The first-order chi connectivity index (χ1) is 6.25. The highest BCUT2D eigenvalue weighted by molar-refractivity contribution is 14.1. The molecule has 2 rings (SSSR count). The van der Waals surface area contributed by atoms with E-state index in [1.165, 1.54) is 9.15 Å². The Morgan fingerprint density at radius 3 is 3.08 bits per heavy atom. The van der Waals surface area contributed by atoms with Crippen molar-refractivity contribution in [3.05, 3.63) is 51.2 Å². The first-order valence-electron chi connectivity index (χ1n) is 4.22. The normalized spacial score (nSPS) is 20.2. The molecule has 13 heavy (non-hydrogen) atoms. The minimum Gasteiger partial charge on any atom is -0.316 e. The van der Waals surface area contributed by atoms with E-state index in [1.807, 2.05) is 0 Å². The SMILES string of the molecule is CC1=CN2C=C(I)C=CC2=C=CC1. The third-order valence-electron chi connectivity index (χ3n) is 1.97. The molecule has 1 nitrogen and oxygen atoms in total. The molecular weight excluding hydrogens is 273 g/mol. The lowest BCUT2D eigenvalue weighted by atomic mass is 10.2. The number of nitrogens with zero attached hydrogens (tertiary/aromatic N) is 1. The van der Waals surface area contributed by atoms with Crippen molar-refractivity contribution in [2.75, 3.05) is 0 Å². The topological polar surface area (TPSA) is 3.24 Å². The minimum absolute atomic E-state index is 0.998. The minimum atomic E-state index is 0.998. The summed E-state index contributed by atoms with van der Waals surface area (Å²) >= 11 is 2.32. The summed E-state index contributed by atoms with van der Waals surface area (Å²) in [6.07, 6.45) is 11.5. The average Bonchev–Trinajstić information content (AvgIpc) is 2.25. The first kappa shape index (κ1) is 8.85. The number of rotatable bonds is 0. The molecule has 0 aromatic rings. The van der Waals surface area contributed by atoms with Crippen LogP contribution in [-0.2, 0) is 0 Å². The summed E-state index contributed by atoms with van der Waals surface area (Å²) in [5.41, 5.74) is 5.75. The van der Waals surface area contributed by atoms with Crippen molar-refractivity contribution in [3.63, 3.8) is 0 Å². The van der Waals surface area contributed by atoms with Gasteiger partial charge in [-0.1, -0.05) is 11.3 Å². The zero-order valence-corrected chi connectivity index (χ0v) is 9.58. The Kier molecular flexibility index (Phi) is 2.42. The molecule has 66 valence electrons. The monoisotopic (exact) mass is 283 g/mol. The standard InChI is InChI=1S/C11H10IN/c1-9-3-2-4-11-6-5-10(12)8-13(11)7-9/h2,5-8H,3H2,1H3. The maximum atomic E-state index is 3.27. The largest absolute Gasteiger partial charge is 0.316 e. The van der Waals surface area contributed by atoms with Crippen LogP contribution in [0.25, 0.3) is 0 Å². The Labute approximate surface area is 92.0 Å². The third-order valence-corrected chi connectivity index (χ3v) is 2.61. The second kappa shape index (κ2) is 3.56. The zero-order valence-electron chi connectivity index (χ0n) is 7.42. The lowest BCUT2D eigenvalue weighted by Crippen LogP contribution is -2.09. The molecule has 2 heterocycles. The summed E-state index contributed by atoms with van der Waals surface area (Å²) in [5.74, 6) is 0. The Hall–Kier alpha value is -0.730. The number of halogens is 1. The van der Waals surface area contributed by atoms with Crippen molar-refractivity contribution in [1.82, 2.24) is 4.90 Å². The van der Waals surface area contributed by atoms with E-state index >= 15 is 0 Å². The molecule has 0 aromatic carbocycles. The van der Waals surface area contributed by atoms with Gasteiger partial charge in [-0.15, -0.1) is 0 Å². The van der Waals surface area contributed by atoms with E-state index in [4.69, 9.17) is 0 Å². The molecule has 0 amide bonds. The molecule has 0 saturated carbocycles. The molecule has 0 atom stereocenters. The van der Waals surface area contributed by atoms with Gasteiger partial charge in [0.05, 0.1) is 5.70 Å². The van der Waals surface area contributed by atoms with E-state index in [0.717, 1.165) is 12.1 Å². The molecule has 0 N–H and O–H groups in total. The molecule has 2 aliphatic rings. The van der Waals surface area contributed by atoms with Crippen LogP contribution in [0.2, 0.25) is 0 Å². The number of hydrogen-bond acceptors (Lipinski definition) is 1. The van der Waals surface area contributed by atoms with Crippen molar-refractivity contribution in [3.8, 4) is 0 Å². The van der Waals surface area contributed by atoms with Crippen molar-refractivity contribution < 1.29 is 0 Å².